The molecular formula is C20H32N2O. The van der Waals surface area contributed by atoms with Gasteiger partial charge in [-0.05, 0) is 25.8 Å². The van der Waals surface area contributed by atoms with E-state index in [1.165, 1.54) is 44.1 Å². The van der Waals surface area contributed by atoms with Crippen LogP contribution in [-0.2, 0) is 4.79 Å². The third-order valence-corrected chi connectivity index (χ3v) is 4.08. The molecular weight excluding hydrogens is 284 g/mol. The van der Waals surface area contributed by atoms with Crippen LogP contribution < -0.4 is 5.43 Å². The summed E-state index contributed by atoms with van der Waals surface area (Å²) in [5.74, 6) is 0.0162. The van der Waals surface area contributed by atoms with Crippen LogP contribution in [0.1, 0.15) is 82.8 Å². The summed E-state index contributed by atoms with van der Waals surface area (Å²) in [5.41, 5.74) is 5.77. The Hall–Kier alpha value is -1.64. The van der Waals surface area contributed by atoms with E-state index in [0.717, 1.165) is 24.1 Å². The van der Waals surface area contributed by atoms with Crippen LogP contribution in [0.5, 0.6) is 0 Å². The Morgan fingerprint density at radius 3 is 2.13 bits per heavy atom. The highest BCUT2D eigenvalue weighted by Crippen LogP contribution is 2.09. The fourth-order valence-corrected chi connectivity index (χ4v) is 2.48. The summed E-state index contributed by atoms with van der Waals surface area (Å²) in [5, 5.41) is 4.19. The number of amides is 1. The summed E-state index contributed by atoms with van der Waals surface area (Å²) in [6.07, 6.45) is 10.5. The first kappa shape index (κ1) is 19.4. The van der Waals surface area contributed by atoms with Crippen LogP contribution in [0.15, 0.2) is 29.4 Å². The summed E-state index contributed by atoms with van der Waals surface area (Å²) in [6, 6.07) is 8.16. The molecule has 1 N–H and O–H groups in total. The van der Waals surface area contributed by atoms with Crippen LogP contribution in [-0.4, -0.2) is 11.6 Å². The Kier molecular flexibility index (Phi) is 10.0. The molecule has 0 aliphatic carbocycles. The first-order valence-corrected chi connectivity index (χ1v) is 9.03. The second kappa shape index (κ2) is 11.9. The van der Waals surface area contributed by atoms with Crippen molar-refractivity contribution in [2.24, 2.45) is 5.10 Å². The van der Waals surface area contributed by atoms with E-state index in [1.807, 2.05) is 19.1 Å². The molecule has 0 fully saturated rings. The SMILES string of the molecule is CCCCCCCCCCC(=O)N/N=C(\C)c1ccc(C)cc1. The normalized spacial score (nSPS) is 11.5. The Labute approximate surface area is 141 Å². The third kappa shape index (κ3) is 9.17. The lowest BCUT2D eigenvalue weighted by Gasteiger charge is -2.04. The largest absolute Gasteiger partial charge is 0.273 e. The summed E-state index contributed by atoms with van der Waals surface area (Å²) in [4.78, 5) is 11.8. The Morgan fingerprint density at radius 2 is 1.52 bits per heavy atom. The van der Waals surface area contributed by atoms with Gasteiger partial charge in [0.25, 0.3) is 0 Å². The van der Waals surface area contributed by atoms with Gasteiger partial charge in [-0.15, -0.1) is 0 Å². The zero-order chi connectivity index (χ0) is 16.9. The summed E-state index contributed by atoms with van der Waals surface area (Å²) >= 11 is 0. The number of nitrogens with zero attached hydrogens (tertiary/aromatic N) is 1. The van der Waals surface area contributed by atoms with Gasteiger partial charge in [-0.2, -0.15) is 5.10 Å². The lowest BCUT2D eigenvalue weighted by atomic mass is 10.1. The molecule has 0 saturated heterocycles. The monoisotopic (exact) mass is 316 g/mol. The highest BCUT2D eigenvalue weighted by Gasteiger charge is 2.01. The maximum absolute atomic E-state index is 11.8. The van der Waals surface area contributed by atoms with Gasteiger partial charge in [0.2, 0.25) is 5.91 Å². The van der Waals surface area contributed by atoms with Gasteiger partial charge in [0.15, 0.2) is 0 Å². The first-order chi connectivity index (χ1) is 11.1. The zero-order valence-corrected chi connectivity index (χ0v) is 15.0. The van der Waals surface area contributed by atoms with Crippen molar-refractivity contribution in [3.8, 4) is 0 Å². The van der Waals surface area contributed by atoms with Crippen molar-refractivity contribution in [1.82, 2.24) is 5.43 Å². The Bertz CT molecular complexity index is 477. The maximum atomic E-state index is 11.8. The number of hydrazone groups is 1. The second-order valence-corrected chi connectivity index (χ2v) is 6.32. The molecule has 0 saturated carbocycles. The molecule has 0 aromatic heterocycles. The van der Waals surface area contributed by atoms with E-state index in [1.54, 1.807) is 0 Å². The van der Waals surface area contributed by atoms with Crippen LogP contribution in [0.25, 0.3) is 0 Å². The van der Waals surface area contributed by atoms with Crippen molar-refractivity contribution in [2.45, 2.75) is 78.6 Å². The fourth-order valence-electron chi connectivity index (χ4n) is 2.48. The fraction of sp³-hybridized carbons (Fsp3) is 0.600. The lowest BCUT2D eigenvalue weighted by Crippen LogP contribution is -2.18. The van der Waals surface area contributed by atoms with E-state index in [4.69, 9.17) is 0 Å². The Balaban J connectivity index is 2.14. The molecule has 3 nitrogen and oxygen atoms in total. The van der Waals surface area contributed by atoms with Crippen molar-refractivity contribution in [3.63, 3.8) is 0 Å². The topological polar surface area (TPSA) is 41.5 Å². The van der Waals surface area contributed by atoms with Gasteiger partial charge in [0.05, 0.1) is 5.71 Å². The van der Waals surface area contributed by atoms with Gasteiger partial charge < -0.3 is 0 Å². The minimum Gasteiger partial charge on any atom is -0.273 e. The molecule has 0 aliphatic heterocycles. The standard InChI is InChI=1S/C20H32N2O/c1-4-5-6-7-8-9-10-11-12-20(23)22-21-18(3)19-15-13-17(2)14-16-19/h13-16H,4-12H2,1-3H3,(H,22,23)/b21-18+. The average Bonchev–Trinajstić information content (AvgIpc) is 2.55. The van der Waals surface area contributed by atoms with E-state index in [0.29, 0.717) is 6.42 Å². The molecule has 1 aromatic carbocycles. The molecule has 23 heavy (non-hydrogen) atoms. The van der Waals surface area contributed by atoms with Gasteiger partial charge in [-0.3, -0.25) is 4.79 Å². The van der Waals surface area contributed by atoms with Crippen molar-refractivity contribution >= 4 is 11.6 Å². The molecule has 0 spiro atoms. The average molecular weight is 316 g/mol. The van der Waals surface area contributed by atoms with E-state index >= 15 is 0 Å². The molecule has 1 aromatic rings. The molecule has 0 atom stereocenters. The number of aryl methyl sites for hydroxylation is 1. The van der Waals surface area contributed by atoms with Crippen LogP contribution >= 0.6 is 0 Å². The van der Waals surface area contributed by atoms with Crippen molar-refractivity contribution in [1.29, 1.82) is 0 Å². The molecule has 3 heteroatoms. The van der Waals surface area contributed by atoms with Gasteiger partial charge in [0, 0.05) is 6.42 Å². The molecule has 1 amide bonds. The quantitative estimate of drug-likeness (QED) is 0.333. The zero-order valence-electron chi connectivity index (χ0n) is 15.0. The highest BCUT2D eigenvalue weighted by atomic mass is 16.2. The maximum Gasteiger partial charge on any atom is 0.240 e. The first-order valence-electron chi connectivity index (χ1n) is 9.03. The summed E-state index contributed by atoms with van der Waals surface area (Å²) in [6.45, 7) is 6.21. The molecule has 0 heterocycles. The van der Waals surface area contributed by atoms with Crippen molar-refractivity contribution < 1.29 is 4.79 Å². The van der Waals surface area contributed by atoms with E-state index in [-0.39, 0.29) is 5.91 Å². The minimum absolute atomic E-state index is 0.0162. The van der Waals surface area contributed by atoms with Gasteiger partial charge >= 0.3 is 0 Å². The third-order valence-electron chi connectivity index (χ3n) is 4.08. The molecule has 0 bridgehead atoms. The predicted molar refractivity (Wildman–Crippen MR) is 98.8 cm³/mol. The molecule has 0 radical (unpaired) electrons. The lowest BCUT2D eigenvalue weighted by molar-refractivity contribution is -0.121. The highest BCUT2D eigenvalue weighted by molar-refractivity contribution is 5.99. The van der Waals surface area contributed by atoms with Crippen LogP contribution in [0.3, 0.4) is 0 Å². The van der Waals surface area contributed by atoms with Crippen LogP contribution in [0.4, 0.5) is 0 Å². The van der Waals surface area contributed by atoms with Gasteiger partial charge in [-0.25, -0.2) is 5.43 Å². The number of hydrogen-bond donors (Lipinski definition) is 1. The molecule has 0 unspecified atom stereocenters. The summed E-state index contributed by atoms with van der Waals surface area (Å²) in [7, 11) is 0. The van der Waals surface area contributed by atoms with Crippen molar-refractivity contribution in [2.75, 3.05) is 0 Å². The number of carbonyl (C=O) groups is 1. The molecule has 1 rings (SSSR count). The smallest absolute Gasteiger partial charge is 0.240 e. The minimum atomic E-state index is 0.0162. The predicted octanol–water partition coefficient (Wildman–Crippen LogP) is 5.37. The van der Waals surface area contributed by atoms with Gasteiger partial charge in [0.1, 0.15) is 0 Å². The van der Waals surface area contributed by atoms with Crippen LogP contribution in [0, 0.1) is 6.92 Å². The van der Waals surface area contributed by atoms with Crippen LogP contribution in [0.2, 0.25) is 0 Å². The molecule has 128 valence electrons. The Morgan fingerprint density at radius 1 is 0.957 bits per heavy atom. The van der Waals surface area contributed by atoms with E-state index < -0.39 is 0 Å². The van der Waals surface area contributed by atoms with Crippen molar-refractivity contribution in [3.05, 3.63) is 35.4 Å². The second-order valence-electron chi connectivity index (χ2n) is 6.32. The number of rotatable bonds is 11. The van der Waals surface area contributed by atoms with Gasteiger partial charge in [-0.1, -0.05) is 81.7 Å². The summed E-state index contributed by atoms with van der Waals surface area (Å²) < 4.78 is 0. The molecule has 0 aliphatic rings. The van der Waals surface area contributed by atoms with E-state index in [9.17, 15) is 4.79 Å². The number of unbranched alkanes of at least 4 members (excludes halogenated alkanes) is 7. The number of carbonyl (C=O) groups excluding carboxylic acids is 1. The number of benzene rings is 1. The number of nitrogens with one attached hydrogen (secondary N) is 1. The number of hydrogen-bond acceptors (Lipinski definition) is 2. The van der Waals surface area contributed by atoms with E-state index in [2.05, 4.69) is 36.5 Å².